The van der Waals surface area contributed by atoms with Gasteiger partial charge in [0.1, 0.15) is 12.4 Å². The van der Waals surface area contributed by atoms with Crippen LogP contribution in [-0.4, -0.2) is 16.0 Å². The van der Waals surface area contributed by atoms with E-state index in [1.54, 1.807) is 6.33 Å². The van der Waals surface area contributed by atoms with Gasteiger partial charge in [0, 0.05) is 17.9 Å². The number of aromatic amines is 1. The van der Waals surface area contributed by atoms with Crippen LogP contribution in [0.2, 0.25) is 5.02 Å². The second-order valence-electron chi connectivity index (χ2n) is 6.19. The summed E-state index contributed by atoms with van der Waals surface area (Å²) in [5.74, 6) is 0.694. The maximum absolute atomic E-state index is 6.45. The molecule has 0 aliphatic carbocycles. The molecule has 5 heteroatoms. The van der Waals surface area contributed by atoms with Crippen LogP contribution in [0.25, 0.3) is 0 Å². The Kier molecular flexibility index (Phi) is 5.61. The van der Waals surface area contributed by atoms with Gasteiger partial charge >= 0.3 is 0 Å². The number of benzene rings is 2. The molecule has 0 saturated carbocycles. The number of imidazole rings is 1. The lowest BCUT2D eigenvalue weighted by atomic mass is 10.2. The van der Waals surface area contributed by atoms with Crippen LogP contribution in [0.5, 0.6) is 5.75 Å². The van der Waals surface area contributed by atoms with Gasteiger partial charge < -0.3 is 14.6 Å². The lowest BCUT2D eigenvalue weighted by Crippen LogP contribution is -2.30. The van der Waals surface area contributed by atoms with E-state index in [4.69, 9.17) is 16.3 Å². The van der Waals surface area contributed by atoms with Crippen LogP contribution < -0.4 is 9.64 Å². The van der Waals surface area contributed by atoms with Crippen molar-refractivity contribution in [2.45, 2.75) is 33.0 Å². The number of hydrogen-bond donors (Lipinski definition) is 1. The zero-order chi connectivity index (χ0) is 17.6. The van der Waals surface area contributed by atoms with Crippen molar-refractivity contribution in [2.24, 2.45) is 0 Å². The van der Waals surface area contributed by atoms with Crippen molar-refractivity contribution in [1.82, 2.24) is 9.97 Å². The van der Waals surface area contributed by atoms with Crippen molar-refractivity contribution in [3.8, 4) is 5.75 Å². The minimum absolute atomic E-state index is 0.329. The van der Waals surface area contributed by atoms with Crippen molar-refractivity contribution < 1.29 is 4.74 Å². The Bertz CT molecular complexity index is 788. The van der Waals surface area contributed by atoms with Gasteiger partial charge in [-0.25, -0.2) is 4.98 Å². The number of hydrogen-bond acceptors (Lipinski definition) is 3. The predicted molar refractivity (Wildman–Crippen MR) is 102 cm³/mol. The van der Waals surface area contributed by atoms with Crippen molar-refractivity contribution in [3.63, 3.8) is 0 Å². The van der Waals surface area contributed by atoms with Gasteiger partial charge in [0.15, 0.2) is 0 Å². The van der Waals surface area contributed by atoms with Crippen LogP contribution in [0.4, 0.5) is 5.69 Å². The third-order valence-corrected chi connectivity index (χ3v) is 4.30. The molecule has 0 spiro atoms. The lowest BCUT2D eigenvalue weighted by Gasteiger charge is -2.29. The van der Waals surface area contributed by atoms with Gasteiger partial charge in [-0.05, 0) is 37.6 Å². The van der Waals surface area contributed by atoms with Gasteiger partial charge in [-0.2, -0.15) is 0 Å². The first kappa shape index (κ1) is 17.4. The Labute approximate surface area is 153 Å². The number of halogens is 1. The third-order valence-electron chi connectivity index (χ3n) is 4.00. The van der Waals surface area contributed by atoms with E-state index >= 15 is 0 Å². The van der Waals surface area contributed by atoms with Crippen LogP contribution in [0.1, 0.15) is 25.1 Å². The van der Waals surface area contributed by atoms with Crippen LogP contribution in [0, 0.1) is 0 Å². The van der Waals surface area contributed by atoms with Gasteiger partial charge in [-0.3, -0.25) is 0 Å². The molecule has 0 aliphatic heterocycles. The first-order valence-electron chi connectivity index (χ1n) is 8.33. The highest BCUT2D eigenvalue weighted by atomic mass is 35.5. The molecule has 3 aromatic rings. The van der Waals surface area contributed by atoms with Crippen molar-refractivity contribution in [3.05, 3.63) is 77.3 Å². The molecule has 0 amide bonds. The van der Waals surface area contributed by atoms with Crippen LogP contribution in [0.15, 0.2) is 61.1 Å². The third kappa shape index (κ3) is 4.54. The molecule has 2 aromatic carbocycles. The molecule has 4 nitrogen and oxygen atoms in total. The largest absolute Gasteiger partial charge is 0.487 e. The summed E-state index contributed by atoms with van der Waals surface area (Å²) in [6, 6.07) is 16.3. The van der Waals surface area contributed by atoms with Crippen LogP contribution >= 0.6 is 11.6 Å². The van der Waals surface area contributed by atoms with E-state index in [1.165, 1.54) is 0 Å². The molecule has 1 heterocycles. The fourth-order valence-corrected chi connectivity index (χ4v) is 2.88. The number of rotatable bonds is 7. The molecular weight excluding hydrogens is 334 g/mol. The first-order valence-corrected chi connectivity index (χ1v) is 8.71. The maximum Gasteiger partial charge on any atom is 0.138 e. The highest BCUT2D eigenvalue weighted by Gasteiger charge is 2.14. The summed E-state index contributed by atoms with van der Waals surface area (Å²) in [6.45, 7) is 5.56. The minimum Gasteiger partial charge on any atom is -0.487 e. The normalized spacial score (nSPS) is 10.9. The second-order valence-corrected chi connectivity index (χ2v) is 6.59. The molecule has 1 aromatic heterocycles. The number of nitrogens with zero attached hydrogens (tertiary/aromatic N) is 2. The smallest absolute Gasteiger partial charge is 0.138 e. The SMILES string of the molecule is CC(C)N(Cc1cnc[nH]1)c1ccc(OCc2ccccc2)c(Cl)c1. The zero-order valence-corrected chi connectivity index (χ0v) is 15.2. The van der Waals surface area contributed by atoms with E-state index in [2.05, 4.69) is 28.7 Å². The van der Waals surface area contributed by atoms with Crippen molar-refractivity contribution in [1.29, 1.82) is 0 Å². The monoisotopic (exact) mass is 355 g/mol. The molecule has 0 atom stereocenters. The number of anilines is 1. The molecular formula is C20H22ClN3O. The predicted octanol–water partition coefficient (Wildman–Crippen LogP) is 5.06. The summed E-state index contributed by atoms with van der Waals surface area (Å²) in [6.07, 6.45) is 3.54. The van der Waals surface area contributed by atoms with E-state index in [9.17, 15) is 0 Å². The second kappa shape index (κ2) is 8.08. The zero-order valence-electron chi connectivity index (χ0n) is 14.4. The van der Waals surface area contributed by atoms with Gasteiger partial charge in [0.25, 0.3) is 0 Å². The summed E-state index contributed by atoms with van der Waals surface area (Å²) < 4.78 is 5.86. The number of nitrogens with one attached hydrogen (secondary N) is 1. The summed E-state index contributed by atoms with van der Waals surface area (Å²) in [4.78, 5) is 9.50. The average molecular weight is 356 g/mol. The Balaban J connectivity index is 1.73. The van der Waals surface area contributed by atoms with Gasteiger partial charge in [-0.15, -0.1) is 0 Å². The molecule has 0 aliphatic rings. The standard InChI is InChI=1S/C20H22ClN3O/c1-15(2)24(12-17-11-22-14-23-17)18-8-9-20(19(21)10-18)25-13-16-6-4-3-5-7-16/h3-11,14-15H,12-13H2,1-2H3,(H,22,23). The molecule has 0 saturated heterocycles. The Morgan fingerprint density at radius 2 is 1.96 bits per heavy atom. The quantitative estimate of drug-likeness (QED) is 0.644. The molecule has 0 radical (unpaired) electrons. The molecule has 0 fully saturated rings. The van der Waals surface area contributed by atoms with Crippen LogP contribution in [0.3, 0.4) is 0 Å². The maximum atomic E-state index is 6.45. The molecule has 0 unspecified atom stereocenters. The van der Waals surface area contributed by atoms with Gasteiger partial charge in [0.2, 0.25) is 0 Å². The van der Waals surface area contributed by atoms with Gasteiger partial charge in [-0.1, -0.05) is 41.9 Å². The Hall–Kier alpha value is -2.46. The van der Waals surface area contributed by atoms with Gasteiger partial charge in [0.05, 0.1) is 23.6 Å². The van der Waals surface area contributed by atoms with E-state index in [1.807, 2.05) is 54.7 Å². The fraction of sp³-hybridized carbons (Fsp3) is 0.250. The van der Waals surface area contributed by atoms with Crippen molar-refractivity contribution in [2.75, 3.05) is 4.90 Å². The Morgan fingerprint density at radius 1 is 1.16 bits per heavy atom. The molecule has 1 N–H and O–H groups in total. The van der Waals surface area contributed by atoms with Crippen LogP contribution in [-0.2, 0) is 13.2 Å². The topological polar surface area (TPSA) is 41.2 Å². The van der Waals surface area contributed by atoms with E-state index in [-0.39, 0.29) is 0 Å². The highest BCUT2D eigenvalue weighted by Crippen LogP contribution is 2.31. The molecule has 25 heavy (non-hydrogen) atoms. The minimum atomic E-state index is 0.329. The van der Waals surface area contributed by atoms with E-state index < -0.39 is 0 Å². The number of aromatic nitrogens is 2. The number of H-pyrrole nitrogens is 1. The lowest BCUT2D eigenvalue weighted by molar-refractivity contribution is 0.306. The van der Waals surface area contributed by atoms with E-state index in [0.29, 0.717) is 23.4 Å². The molecule has 3 rings (SSSR count). The molecule has 130 valence electrons. The number of ether oxygens (including phenoxy) is 1. The average Bonchev–Trinajstić information content (AvgIpc) is 3.12. The molecule has 0 bridgehead atoms. The fourth-order valence-electron chi connectivity index (χ4n) is 2.65. The summed E-state index contributed by atoms with van der Waals surface area (Å²) in [7, 11) is 0. The highest BCUT2D eigenvalue weighted by molar-refractivity contribution is 6.32. The summed E-state index contributed by atoms with van der Waals surface area (Å²) in [5, 5.41) is 0.615. The summed E-state index contributed by atoms with van der Waals surface area (Å²) in [5.41, 5.74) is 3.24. The first-order chi connectivity index (χ1) is 12.1. The summed E-state index contributed by atoms with van der Waals surface area (Å²) >= 11 is 6.45. The Morgan fingerprint density at radius 3 is 2.60 bits per heavy atom. The van der Waals surface area contributed by atoms with Crippen molar-refractivity contribution >= 4 is 17.3 Å². The van der Waals surface area contributed by atoms with E-state index in [0.717, 1.165) is 23.5 Å².